The average molecular weight is 320 g/mol. The Bertz CT molecular complexity index is 441. The Kier molecular flexibility index (Phi) is 3.89. The molecule has 2 heterocycles. The molecule has 4 nitrogen and oxygen atoms in total. The number of nitrogens with zero attached hydrogens (tertiary/aromatic N) is 2. The third-order valence-electron chi connectivity index (χ3n) is 2.73. The van der Waals surface area contributed by atoms with Crippen molar-refractivity contribution in [1.82, 2.24) is 4.98 Å². The Labute approximate surface area is 113 Å². The standard InChI is InChI=1S/C11H12BrClN2O2/c1-17-9-3-2-8(11(12)14-9)15-6-7(5-13)4-10(15)16/h2-3,7H,4-6H2,1H3. The number of anilines is 1. The Morgan fingerprint density at radius 2 is 2.41 bits per heavy atom. The van der Waals surface area contributed by atoms with Gasteiger partial charge in [-0.3, -0.25) is 4.79 Å². The van der Waals surface area contributed by atoms with Crippen molar-refractivity contribution in [2.75, 3.05) is 24.4 Å². The van der Waals surface area contributed by atoms with Gasteiger partial charge < -0.3 is 9.64 Å². The first-order valence-corrected chi connectivity index (χ1v) is 6.55. The third kappa shape index (κ3) is 2.55. The van der Waals surface area contributed by atoms with E-state index in [0.29, 0.717) is 29.3 Å². The fourth-order valence-electron chi connectivity index (χ4n) is 1.84. The Hall–Kier alpha value is -0.810. The number of hydrogen-bond acceptors (Lipinski definition) is 3. The molecule has 1 atom stereocenters. The van der Waals surface area contributed by atoms with Crippen LogP contribution in [0.2, 0.25) is 0 Å². The molecule has 0 saturated carbocycles. The van der Waals surface area contributed by atoms with Gasteiger partial charge >= 0.3 is 0 Å². The van der Waals surface area contributed by atoms with Gasteiger partial charge in [0.1, 0.15) is 4.60 Å². The van der Waals surface area contributed by atoms with Gasteiger partial charge in [0.25, 0.3) is 0 Å². The minimum Gasteiger partial charge on any atom is -0.481 e. The van der Waals surface area contributed by atoms with Gasteiger partial charge in [-0.25, -0.2) is 4.98 Å². The van der Waals surface area contributed by atoms with Crippen LogP contribution in [0.3, 0.4) is 0 Å². The monoisotopic (exact) mass is 318 g/mol. The highest BCUT2D eigenvalue weighted by Gasteiger charge is 2.31. The number of halogens is 2. The van der Waals surface area contributed by atoms with E-state index in [1.165, 1.54) is 0 Å². The van der Waals surface area contributed by atoms with E-state index < -0.39 is 0 Å². The highest BCUT2D eigenvalue weighted by molar-refractivity contribution is 9.10. The normalized spacial score (nSPS) is 19.8. The second-order valence-electron chi connectivity index (χ2n) is 3.89. The maximum atomic E-state index is 11.8. The van der Waals surface area contributed by atoms with Crippen LogP contribution in [0.5, 0.6) is 5.88 Å². The summed E-state index contributed by atoms with van der Waals surface area (Å²) in [6.45, 7) is 0.648. The average Bonchev–Trinajstić information content (AvgIpc) is 2.70. The second kappa shape index (κ2) is 5.23. The largest absolute Gasteiger partial charge is 0.481 e. The summed E-state index contributed by atoms with van der Waals surface area (Å²) < 4.78 is 5.63. The maximum absolute atomic E-state index is 11.8. The van der Waals surface area contributed by atoms with E-state index in [1.807, 2.05) is 6.07 Å². The fourth-order valence-corrected chi connectivity index (χ4v) is 2.57. The van der Waals surface area contributed by atoms with Gasteiger partial charge in [-0.1, -0.05) is 0 Å². The molecule has 0 N–H and O–H groups in total. The van der Waals surface area contributed by atoms with Crippen LogP contribution in [0.15, 0.2) is 16.7 Å². The summed E-state index contributed by atoms with van der Waals surface area (Å²) in [5.41, 5.74) is 0.767. The maximum Gasteiger partial charge on any atom is 0.227 e. The van der Waals surface area contributed by atoms with Crippen LogP contribution in [0.1, 0.15) is 6.42 Å². The number of pyridine rings is 1. The van der Waals surface area contributed by atoms with E-state index in [1.54, 1.807) is 18.1 Å². The number of rotatable bonds is 3. The van der Waals surface area contributed by atoms with Crippen LogP contribution in [0.25, 0.3) is 0 Å². The molecule has 92 valence electrons. The van der Waals surface area contributed by atoms with Crippen molar-refractivity contribution in [3.05, 3.63) is 16.7 Å². The molecule has 0 spiro atoms. The van der Waals surface area contributed by atoms with Gasteiger partial charge in [-0.05, 0) is 27.9 Å². The highest BCUT2D eigenvalue weighted by atomic mass is 79.9. The molecule has 0 aromatic carbocycles. The van der Waals surface area contributed by atoms with Crippen LogP contribution < -0.4 is 9.64 Å². The number of hydrogen-bond donors (Lipinski definition) is 0. The summed E-state index contributed by atoms with van der Waals surface area (Å²) in [5, 5.41) is 0. The van der Waals surface area contributed by atoms with Gasteiger partial charge in [0.05, 0.1) is 12.8 Å². The lowest BCUT2D eigenvalue weighted by Crippen LogP contribution is -2.25. The molecule has 1 aromatic heterocycles. The smallest absolute Gasteiger partial charge is 0.227 e. The minimum atomic E-state index is 0.0864. The molecule has 0 aliphatic carbocycles. The van der Waals surface area contributed by atoms with Crippen molar-refractivity contribution in [2.45, 2.75) is 6.42 Å². The summed E-state index contributed by atoms with van der Waals surface area (Å²) in [7, 11) is 1.55. The molecule has 6 heteroatoms. The molecule has 1 aliphatic heterocycles. The number of carbonyl (C=O) groups is 1. The SMILES string of the molecule is COc1ccc(N2CC(CCl)CC2=O)c(Br)n1. The molecule has 1 unspecified atom stereocenters. The zero-order valence-electron chi connectivity index (χ0n) is 9.32. The lowest BCUT2D eigenvalue weighted by Gasteiger charge is -2.17. The molecule has 1 aliphatic rings. The first kappa shape index (κ1) is 12.6. The number of ether oxygens (including phenoxy) is 1. The van der Waals surface area contributed by atoms with E-state index in [0.717, 1.165) is 5.69 Å². The van der Waals surface area contributed by atoms with E-state index in [2.05, 4.69) is 20.9 Å². The molecule has 1 aromatic rings. The fraction of sp³-hybridized carbons (Fsp3) is 0.455. The predicted molar refractivity (Wildman–Crippen MR) is 69.7 cm³/mol. The van der Waals surface area contributed by atoms with Crippen molar-refractivity contribution < 1.29 is 9.53 Å². The zero-order valence-corrected chi connectivity index (χ0v) is 11.7. The molecule has 1 saturated heterocycles. The van der Waals surface area contributed by atoms with Gasteiger partial charge in [0.15, 0.2) is 0 Å². The van der Waals surface area contributed by atoms with Crippen LogP contribution in [0.4, 0.5) is 5.69 Å². The molecule has 1 fully saturated rings. The number of methoxy groups -OCH3 is 1. The zero-order chi connectivity index (χ0) is 12.4. The molecular weight excluding hydrogens is 307 g/mol. The highest BCUT2D eigenvalue weighted by Crippen LogP contribution is 2.32. The van der Waals surface area contributed by atoms with Crippen molar-refractivity contribution in [3.63, 3.8) is 0 Å². The van der Waals surface area contributed by atoms with Crippen molar-refractivity contribution in [2.24, 2.45) is 5.92 Å². The lowest BCUT2D eigenvalue weighted by molar-refractivity contribution is -0.117. The molecule has 2 rings (SSSR count). The van der Waals surface area contributed by atoms with Crippen LogP contribution >= 0.6 is 27.5 Å². The Morgan fingerprint density at radius 3 is 2.94 bits per heavy atom. The number of carbonyl (C=O) groups excluding carboxylic acids is 1. The summed E-state index contributed by atoms with van der Waals surface area (Å²) >= 11 is 9.14. The quantitative estimate of drug-likeness (QED) is 0.635. The number of amides is 1. The third-order valence-corrected chi connectivity index (χ3v) is 3.75. The van der Waals surface area contributed by atoms with E-state index >= 15 is 0 Å². The summed E-state index contributed by atoms with van der Waals surface area (Å²) in [6, 6.07) is 3.56. The van der Waals surface area contributed by atoms with Crippen LogP contribution in [-0.4, -0.2) is 30.4 Å². The summed E-state index contributed by atoms with van der Waals surface area (Å²) in [5.74, 6) is 1.33. The predicted octanol–water partition coefficient (Wildman–Crippen LogP) is 2.44. The molecular formula is C11H12BrClN2O2. The van der Waals surface area contributed by atoms with Crippen LogP contribution in [-0.2, 0) is 4.79 Å². The van der Waals surface area contributed by atoms with Gasteiger partial charge in [0, 0.05) is 24.9 Å². The molecule has 0 radical (unpaired) electrons. The number of aromatic nitrogens is 1. The molecule has 0 bridgehead atoms. The minimum absolute atomic E-state index is 0.0864. The Balaban J connectivity index is 2.26. The van der Waals surface area contributed by atoms with Gasteiger partial charge in [0.2, 0.25) is 11.8 Å². The van der Waals surface area contributed by atoms with Crippen molar-refractivity contribution >= 4 is 39.1 Å². The van der Waals surface area contributed by atoms with E-state index in [-0.39, 0.29) is 11.8 Å². The second-order valence-corrected chi connectivity index (χ2v) is 4.95. The van der Waals surface area contributed by atoms with Crippen molar-refractivity contribution in [1.29, 1.82) is 0 Å². The van der Waals surface area contributed by atoms with Crippen LogP contribution in [0, 0.1) is 5.92 Å². The first-order valence-electron chi connectivity index (χ1n) is 5.22. The van der Waals surface area contributed by atoms with E-state index in [9.17, 15) is 4.79 Å². The van der Waals surface area contributed by atoms with Gasteiger partial charge in [-0.2, -0.15) is 0 Å². The number of alkyl halides is 1. The molecule has 17 heavy (non-hydrogen) atoms. The van der Waals surface area contributed by atoms with Crippen molar-refractivity contribution in [3.8, 4) is 5.88 Å². The summed E-state index contributed by atoms with van der Waals surface area (Å²) in [4.78, 5) is 17.7. The van der Waals surface area contributed by atoms with E-state index in [4.69, 9.17) is 16.3 Å². The van der Waals surface area contributed by atoms with Gasteiger partial charge in [-0.15, -0.1) is 11.6 Å². The topological polar surface area (TPSA) is 42.4 Å². The Morgan fingerprint density at radius 1 is 1.65 bits per heavy atom. The molecule has 1 amide bonds. The summed E-state index contributed by atoms with van der Waals surface area (Å²) in [6.07, 6.45) is 0.502. The first-order chi connectivity index (χ1) is 8.15. The lowest BCUT2D eigenvalue weighted by atomic mass is 10.1.